The Morgan fingerprint density at radius 3 is 1.33 bits per heavy atom. The zero-order valence-corrected chi connectivity index (χ0v) is 33.4. The Kier molecular flexibility index (Phi) is 36.3. The summed E-state index contributed by atoms with van der Waals surface area (Å²) in [7, 11) is 0. The molecule has 6 nitrogen and oxygen atoms in total. The summed E-state index contributed by atoms with van der Waals surface area (Å²) in [5.41, 5.74) is 0. The zero-order chi connectivity index (χ0) is 35.3. The number of hydrogen-bond donors (Lipinski definition) is 0. The van der Waals surface area contributed by atoms with Crippen molar-refractivity contribution in [1.29, 1.82) is 0 Å². The second-order valence-electron chi connectivity index (χ2n) is 14.0. The summed E-state index contributed by atoms with van der Waals surface area (Å²) in [5, 5.41) is 0.872. The van der Waals surface area contributed by atoms with Gasteiger partial charge in [-0.15, -0.1) is 0 Å². The van der Waals surface area contributed by atoms with Gasteiger partial charge in [0.1, 0.15) is 0 Å². The van der Waals surface area contributed by atoms with E-state index in [0.717, 1.165) is 56.7 Å². The first-order valence-corrected chi connectivity index (χ1v) is 21.6. The zero-order valence-electron chi connectivity index (χ0n) is 31.8. The van der Waals surface area contributed by atoms with Crippen molar-refractivity contribution in [3.8, 4) is 0 Å². The minimum Gasteiger partial charge on any atom is -0.466 e. The molecule has 0 fully saturated rings. The maximum atomic E-state index is 13.2. The third-order valence-electron chi connectivity index (χ3n) is 9.43. The van der Waals surface area contributed by atoms with Gasteiger partial charge in [-0.3, -0.25) is 14.4 Å². The van der Waals surface area contributed by atoms with Gasteiger partial charge < -0.3 is 14.2 Å². The maximum absolute atomic E-state index is 13.2. The smallest absolute Gasteiger partial charge is 0.308 e. The van der Waals surface area contributed by atoms with Crippen LogP contribution in [0.1, 0.15) is 207 Å². The highest BCUT2D eigenvalue weighted by Gasteiger charge is 2.21. The van der Waals surface area contributed by atoms with Gasteiger partial charge in [-0.25, -0.2) is 0 Å². The number of hydrogen-bond acceptors (Lipinski definition) is 6. The van der Waals surface area contributed by atoms with Gasteiger partial charge in [0.25, 0.3) is 0 Å². The molecule has 0 aromatic heterocycles. The molecule has 1 unspecified atom stereocenters. The third-order valence-corrected chi connectivity index (χ3v) is 9.99. The van der Waals surface area contributed by atoms with Crippen molar-refractivity contribution in [2.75, 3.05) is 25.2 Å². The molecule has 0 spiro atoms. The minimum atomic E-state index is -0.196. The van der Waals surface area contributed by atoms with E-state index < -0.39 is 0 Å². The van der Waals surface area contributed by atoms with Crippen LogP contribution in [0.3, 0.4) is 0 Å². The summed E-state index contributed by atoms with van der Waals surface area (Å²) < 4.78 is 17.0. The number of carbonyl (C=O) groups is 3. The molecule has 7 heteroatoms. The number of halogens is 1. The average molecular weight is 746 g/mol. The van der Waals surface area contributed by atoms with E-state index in [4.69, 9.17) is 14.2 Å². The number of rotatable bonds is 37. The lowest BCUT2D eigenvalue weighted by atomic mass is 9.94. The SMILES string of the molecule is CCCCCCCCCCCC(=O)OCCC(CCOC(=O)C(CCCCCCCC)CCCCCCCC)COC(=O)CCCCBr. The van der Waals surface area contributed by atoms with E-state index in [2.05, 4.69) is 36.7 Å². The molecule has 0 heterocycles. The molecule has 0 radical (unpaired) electrons. The first-order chi connectivity index (χ1) is 23.5. The highest BCUT2D eigenvalue weighted by molar-refractivity contribution is 9.09. The molecule has 48 heavy (non-hydrogen) atoms. The van der Waals surface area contributed by atoms with Gasteiger partial charge in [-0.1, -0.05) is 165 Å². The van der Waals surface area contributed by atoms with E-state index in [1.807, 2.05) is 0 Å². The first-order valence-electron chi connectivity index (χ1n) is 20.5. The molecule has 0 aliphatic heterocycles. The van der Waals surface area contributed by atoms with Crippen LogP contribution in [0, 0.1) is 11.8 Å². The monoisotopic (exact) mass is 744 g/mol. The molecule has 0 saturated heterocycles. The highest BCUT2D eigenvalue weighted by atomic mass is 79.9. The topological polar surface area (TPSA) is 78.9 Å². The van der Waals surface area contributed by atoms with E-state index in [1.165, 1.54) is 109 Å². The van der Waals surface area contributed by atoms with Crippen molar-refractivity contribution in [1.82, 2.24) is 0 Å². The summed E-state index contributed by atoms with van der Waals surface area (Å²) in [5.74, 6) is -0.473. The lowest BCUT2D eigenvalue weighted by molar-refractivity contribution is -0.151. The number of unbranched alkanes of at least 4 members (excludes halogenated alkanes) is 19. The van der Waals surface area contributed by atoms with Crippen molar-refractivity contribution in [2.45, 2.75) is 207 Å². The predicted molar refractivity (Wildman–Crippen MR) is 205 cm³/mol. The van der Waals surface area contributed by atoms with Crippen LogP contribution in [-0.4, -0.2) is 43.1 Å². The van der Waals surface area contributed by atoms with Crippen LogP contribution in [-0.2, 0) is 28.6 Å². The molecule has 284 valence electrons. The van der Waals surface area contributed by atoms with Crippen LogP contribution in [0.2, 0.25) is 0 Å². The Hall–Kier alpha value is -1.11. The van der Waals surface area contributed by atoms with Crippen LogP contribution in [0.4, 0.5) is 0 Å². The van der Waals surface area contributed by atoms with Crippen LogP contribution in [0.25, 0.3) is 0 Å². The fraction of sp³-hybridized carbons (Fsp3) is 0.927. The van der Waals surface area contributed by atoms with E-state index in [-0.39, 0.29) is 36.4 Å². The number of carbonyl (C=O) groups excluding carboxylic acids is 3. The lowest BCUT2D eigenvalue weighted by Gasteiger charge is -2.19. The molecule has 0 amide bonds. The van der Waals surface area contributed by atoms with Crippen molar-refractivity contribution in [3.05, 3.63) is 0 Å². The molecular weight excluding hydrogens is 668 g/mol. The third kappa shape index (κ3) is 32.1. The Bertz CT molecular complexity index is 714. The van der Waals surface area contributed by atoms with Gasteiger partial charge in [0, 0.05) is 18.2 Å². The number of esters is 3. The van der Waals surface area contributed by atoms with Gasteiger partial charge in [0.15, 0.2) is 0 Å². The molecule has 0 aliphatic carbocycles. The quantitative estimate of drug-likeness (QED) is 0.0273. The molecule has 0 bridgehead atoms. The maximum Gasteiger partial charge on any atom is 0.308 e. The predicted octanol–water partition coefficient (Wildman–Crippen LogP) is 12.6. The Morgan fingerprint density at radius 1 is 0.458 bits per heavy atom. The molecule has 0 saturated carbocycles. The van der Waals surface area contributed by atoms with E-state index in [0.29, 0.717) is 38.9 Å². The fourth-order valence-electron chi connectivity index (χ4n) is 6.12. The molecule has 1 atom stereocenters. The molecule has 0 aromatic rings. The van der Waals surface area contributed by atoms with Crippen molar-refractivity contribution in [3.63, 3.8) is 0 Å². The van der Waals surface area contributed by atoms with Gasteiger partial charge in [0.2, 0.25) is 0 Å². The Labute approximate surface area is 305 Å². The summed E-state index contributed by atoms with van der Waals surface area (Å²) >= 11 is 3.41. The highest BCUT2D eigenvalue weighted by Crippen LogP contribution is 2.22. The second kappa shape index (κ2) is 37.2. The summed E-state index contributed by atoms with van der Waals surface area (Å²) in [4.78, 5) is 37.9. The van der Waals surface area contributed by atoms with Crippen molar-refractivity contribution < 1.29 is 28.6 Å². The molecule has 0 aliphatic rings. The first kappa shape index (κ1) is 46.9. The summed E-state index contributed by atoms with van der Waals surface area (Å²) in [6.07, 6.45) is 31.1. The van der Waals surface area contributed by atoms with Crippen LogP contribution in [0.15, 0.2) is 0 Å². The largest absolute Gasteiger partial charge is 0.466 e. The molecule has 0 rings (SSSR count). The van der Waals surface area contributed by atoms with Gasteiger partial charge >= 0.3 is 17.9 Å². The van der Waals surface area contributed by atoms with Gasteiger partial charge in [-0.2, -0.15) is 0 Å². The molecule has 0 N–H and O–H groups in total. The molecule has 0 aromatic carbocycles. The van der Waals surface area contributed by atoms with Crippen molar-refractivity contribution in [2.24, 2.45) is 11.8 Å². The Balaban J connectivity index is 4.73. The Morgan fingerprint density at radius 2 is 0.854 bits per heavy atom. The van der Waals surface area contributed by atoms with Crippen molar-refractivity contribution >= 4 is 33.8 Å². The number of ether oxygens (including phenoxy) is 3. The summed E-state index contributed by atoms with van der Waals surface area (Å²) in [6.45, 7) is 7.58. The van der Waals surface area contributed by atoms with E-state index in [9.17, 15) is 14.4 Å². The summed E-state index contributed by atoms with van der Waals surface area (Å²) in [6, 6.07) is 0. The van der Waals surface area contributed by atoms with Crippen LogP contribution >= 0.6 is 15.9 Å². The molecular formula is C41H77BrO6. The van der Waals surface area contributed by atoms with Crippen LogP contribution < -0.4 is 0 Å². The van der Waals surface area contributed by atoms with Gasteiger partial charge in [-0.05, 0) is 50.9 Å². The minimum absolute atomic E-state index is 0.0194. The van der Waals surface area contributed by atoms with Crippen LogP contribution in [0.5, 0.6) is 0 Å². The standard InChI is InChI=1S/C41H77BrO6/c1-4-7-10-13-16-17-18-21-24-29-39(43)46-34-31-37(36-48-40(44)30-25-26-33-42)32-35-47-41(45)38(27-22-19-14-11-8-5-2)28-23-20-15-12-9-6-3/h37-38H,4-36H2,1-3H3. The van der Waals surface area contributed by atoms with E-state index in [1.54, 1.807) is 0 Å². The van der Waals surface area contributed by atoms with Gasteiger partial charge in [0.05, 0.1) is 25.7 Å². The van der Waals surface area contributed by atoms with E-state index >= 15 is 0 Å². The average Bonchev–Trinajstić information content (AvgIpc) is 3.08. The fourth-order valence-corrected chi connectivity index (χ4v) is 6.51. The second-order valence-corrected chi connectivity index (χ2v) is 14.8. The number of alkyl halides is 1. The normalized spacial score (nSPS) is 11.9. The lowest BCUT2D eigenvalue weighted by Crippen LogP contribution is -2.22.